The summed E-state index contributed by atoms with van der Waals surface area (Å²) in [6.07, 6.45) is 15.9. The smallest absolute Gasteiger partial charge is 0.0656 e. The number of rotatable bonds is 4. The van der Waals surface area contributed by atoms with Gasteiger partial charge >= 0.3 is 0 Å². The Morgan fingerprint density at radius 2 is 1.39 bits per heavy atom. The molecule has 0 N–H and O–H groups in total. The zero-order valence-electron chi connectivity index (χ0n) is 11.9. The molecule has 2 rings (SSSR count). The quantitative estimate of drug-likeness (QED) is 0.633. The van der Waals surface area contributed by atoms with E-state index in [0.717, 1.165) is 11.3 Å². The Labute approximate surface area is 114 Å². The van der Waals surface area contributed by atoms with Crippen LogP contribution in [0.5, 0.6) is 0 Å². The average Bonchev–Trinajstić information content (AvgIpc) is 2.46. The van der Waals surface area contributed by atoms with E-state index in [1.54, 1.807) is 0 Å². The van der Waals surface area contributed by atoms with Gasteiger partial charge in [-0.3, -0.25) is 0 Å². The molecule has 0 bridgehead atoms. The third-order valence-corrected chi connectivity index (χ3v) is 8.67. The second-order valence-electron chi connectivity index (χ2n) is 6.31. The molecule has 0 amide bonds. The monoisotopic (exact) mass is 265 g/mol. The molecule has 0 radical (unpaired) electrons. The van der Waals surface area contributed by atoms with Gasteiger partial charge in [-0.05, 0) is 50.1 Å². The first kappa shape index (κ1) is 14.3. The first-order chi connectivity index (χ1) is 8.81. The van der Waals surface area contributed by atoms with Crippen LogP contribution < -0.4 is 0 Å². The molecule has 102 valence electrons. The Balaban J connectivity index is 1.98. The van der Waals surface area contributed by atoms with Crippen molar-refractivity contribution in [2.75, 3.05) is 6.16 Å². The van der Waals surface area contributed by atoms with Gasteiger partial charge in [0.05, 0.1) is 6.07 Å². The molecule has 0 saturated heterocycles. The summed E-state index contributed by atoms with van der Waals surface area (Å²) >= 11 is 0. The molecule has 0 aromatic carbocycles. The maximum Gasteiger partial charge on any atom is 0.0656 e. The fourth-order valence-electron chi connectivity index (χ4n) is 3.78. The van der Waals surface area contributed by atoms with Crippen LogP contribution in [0.2, 0.25) is 0 Å². The zero-order chi connectivity index (χ0) is 12.8. The van der Waals surface area contributed by atoms with E-state index in [1.165, 1.54) is 70.4 Å². The summed E-state index contributed by atoms with van der Waals surface area (Å²) in [7, 11) is 0.135. The van der Waals surface area contributed by atoms with Crippen LogP contribution in [0, 0.1) is 17.2 Å². The highest BCUT2D eigenvalue weighted by Crippen LogP contribution is 2.56. The largest absolute Gasteiger partial charge is 0.198 e. The van der Waals surface area contributed by atoms with Gasteiger partial charge in [0.15, 0.2) is 0 Å². The van der Waals surface area contributed by atoms with E-state index in [-0.39, 0.29) is 7.92 Å². The molecule has 1 nitrogen and oxygen atoms in total. The first-order valence-corrected chi connectivity index (χ1v) is 9.63. The Bertz CT molecular complexity index is 253. The van der Waals surface area contributed by atoms with Crippen molar-refractivity contribution in [2.24, 2.45) is 5.92 Å². The van der Waals surface area contributed by atoms with Crippen molar-refractivity contribution in [2.45, 2.75) is 82.4 Å². The Hall–Kier alpha value is -0.0800. The minimum absolute atomic E-state index is 0.135. The summed E-state index contributed by atoms with van der Waals surface area (Å²) in [4.78, 5) is 0. The van der Waals surface area contributed by atoms with E-state index < -0.39 is 0 Å². The molecule has 2 heteroatoms. The van der Waals surface area contributed by atoms with E-state index >= 15 is 0 Å². The van der Waals surface area contributed by atoms with E-state index in [0.29, 0.717) is 5.92 Å². The van der Waals surface area contributed by atoms with Gasteiger partial charge in [-0.1, -0.05) is 46.4 Å². The molecule has 0 unspecified atom stereocenters. The molecule has 0 heterocycles. The Kier molecular flexibility index (Phi) is 5.97. The summed E-state index contributed by atoms with van der Waals surface area (Å²) in [5.74, 6) is 0.292. The van der Waals surface area contributed by atoms with E-state index in [4.69, 9.17) is 5.26 Å². The lowest BCUT2D eigenvalue weighted by atomic mass is 9.99. The van der Waals surface area contributed by atoms with Crippen molar-refractivity contribution >= 4 is 7.92 Å². The molecule has 0 aromatic heterocycles. The molecule has 0 aliphatic heterocycles. The van der Waals surface area contributed by atoms with Gasteiger partial charge in [-0.2, -0.15) is 5.26 Å². The second-order valence-corrected chi connectivity index (χ2v) is 9.16. The van der Waals surface area contributed by atoms with Crippen molar-refractivity contribution in [3.8, 4) is 6.07 Å². The van der Waals surface area contributed by atoms with Crippen LogP contribution in [0.25, 0.3) is 0 Å². The van der Waals surface area contributed by atoms with Crippen molar-refractivity contribution < 1.29 is 0 Å². The molecule has 0 spiro atoms. The van der Waals surface area contributed by atoms with E-state index in [2.05, 4.69) is 13.0 Å². The third kappa shape index (κ3) is 3.96. The minimum Gasteiger partial charge on any atom is -0.198 e. The van der Waals surface area contributed by atoms with Crippen LogP contribution in [-0.4, -0.2) is 17.5 Å². The van der Waals surface area contributed by atoms with Gasteiger partial charge in [0.25, 0.3) is 0 Å². The molecule has 1 atom stereocenters. The molecule has 2 fully saturated rings. The lowest BCUT2D eigenvalue weighted by Gasteiger charge is -2.39. The molecule has 2 saturated carbocycles. The summed E-state index contributed by atoms with van der Waals surface area (Å²) in [6, 6.07) is 2.49. The highest BCUT2D eigenvalue weighted by molar-refractivity contribution is 7.59. The lowest BCUT2D eigenvalue weighted by molar-refractivity contribution is 0.483. The van der Waals surface area contributed by atoms with Crippen LogP contribution in [-0.2, 0) is 0 Å². The summed E-state index contributed by atoms with van der Waals surface area (Å²) < 4.78 is 0. The van der Waals surface area contributed by atoms with Gasteiger partial charge in [-0.25, -0.2) is 0 Å². The summed E-state index contributed by atoms with van der Waals surface area (Å²) in [5, 5.41) is 9.14. The van der Waals surface area contributed by atoms with Crippen LogP contribution >= 0.6 is 7.92 Å². The second kappa shape index (κ2) is 7.49. The Morgan fingerprint density at radius 3 is 1.78 bits per heavy atom. The third-order valence-electron chi connectivity index (χ3n) is 4.79. The molecule has 2 aliphatic carbocycles. The van der Waals surface area contributed by atoms with Crippen LogP contribution in [0.1, 0.15) is 71.1 Å². The fraction of sp³-hybridized carbons (Fsp3) is 0.938. The van der Waals surface area contributed by atoms with Crippen molar-refractivity contribution in [3.63, 3.8) is 0 Å². The van der Waals surface area contributed by atoms with Crippen LogP contribution in [0.3, 0.4) is 0 Å². The molecule has 0 aromatic rings. The lowest BCUT2D eigenvalue weighted by Crippen LogP contribution is -2.23. The van der Waals surface area contributed by atoms with Gasteiger partial charge < -0.3 is 0 Å². The zero-order valence-corrected chi connectivity index (χ0v) is 12.8. The predicted molar refractivity (Wildman–Crippen MR) is 80.3 cm³/mol. The van der Waals surface area contributed by atoms with Crippen molar-refractivity contribution in [1.82, 2.24) is 0 Å². The molecule has 18 heavy (non-hydrogen) atoms. The summed E-state index contributed by atoms with van der Waals surface area (Å²) in [6.45, 7) is 2.14. The molecular formula is C16H28NP. The SMILES string of the molecule is C[C@H](C#N)CP(C1CCCCC1)C1CCCCC1. The van der Waals surface area contributed by atoms with Crippen LogP contribution in [0.4, 0.5) is 0 Å². The number of hydrogen-bond donors (Lipinski definition) is 0. The number of nitrogens with zero attached hydrogens (tertiary/aromatic N) is 1. The predicted octanol–water partition coefficient (Wildman–Crippen LogP) is 5.29. The highest BCUT2D eigenvalue weighted by Gasteiger charge is 2.31. The first-order valence-electron chi connectivity index (χ1n) is 7.96. The minimum atomic E-state index is 0.135. The Morgan fingerprint density at radius 1 is 0.944 bits per heavy atom. The standard InChI is InChI=1S/C16H28NP/c1-14(12-17)13-18(15-8-4-2-5-9-15)16-10-6-3-7-11-16/h14-16H,2-11,13H2,1H3/t14-/m1/s1. The average molecular weight is 265 g/mol. The van der Waals surface area contributed by atoms with E-state index in [1.807, 2.05) is 0 Å². The number of hydrogen-bond acceptors (Lipinski definition) is 1. The fourth-order valence-corrected chi connectivity index (χ4v) is 7.74. The molecule has 2 aliphatic rings. The van der Waals surface area contributed by atoms with Crippen molar-refractivity contribution in [3.05, 3.63) is 0 Å². The maximum atomic E-state index is 9.14. The molecular weight excluding hydrogens is 237 g/mol. The van der Waals surface area contributed by atoms with Gasteiger partial charge in [0.1, 0.15) is 0 Å². The normalized spacial score (nSPS) is 24.9. The topological polar surface area (TPSA) is 23.8 Å². The van der Waals surface area contributed by atoms with E-state index in [9.17, 15) is 0 Å². The van der Waals surface area contributed by atoms with Gasteiger partial charge in [0, 0.05) is 5.92 Å². The summed E-state index contributed by atoms with van der Waals surface area (Å²) in [5.41, 5.74) is 2.01. The number of nitriles is 1. The van der Waals surface area contributed by atoms with Gasteiger partial charge in [0.2, 0.25) is 0 Å². The van der Waals surface area contributed by atoms with Gasteiger partial charge in [-0.15, -0.1) is 0 Å². The van der Waals surface area contributed by atoms with Crippen LogP contribution in [0.15, 0.2) is 0 Å². The maximum absolute atomic E-state index is 9.14. The van der Waals surface area contributed by atoms with Crippen molar-refractivity contribution in [1.29, 1.82) is 5.26 Å². The highest BCUT2D eigenvalue weighted by atomic mass is 31.1.